The third-order valence-corrected chi connectivity index (χ3v) is 21.7. The van der Waals surface area contributed by atoms with Crippen molar-refractivity contribution in [1.82, 2.24) is 39.9 Å². The first-order valence-corrected chi connectivity index (χ1v) is 40.0. The van der Waals surface area contributed by atoms with Crippen LogP contribution in [0.1, 0.15) is 237 Å². The smallest absolute Gasteiger partial charge is 0.228 e. The Balaban J connectivity index is 0.000000154. The van der Waals surface area contributed by atoms with Crippen molar-refractivity contribution in [3.8, 4) is 45.0 Å². The van der Waals surface area contributed by atoms with Gasteiger partial charge < -0.3 is 21.3 Å². The summed E-state index contributed by atoms with van der Waals surface area (Å²) in [5.74, 6) is 4.10. The molecule has 4 amide bonds. The summed E-state index contributed by atoms with van der Waals surface area (Å²) in [5, 5.41) is 11.8. The average Bonchev–Trinajstić information content (AvgIpc) is 0.834. The van der Waals surface area contributed by atoms with E-state index in [9.17, 15) is 36.7 Å². The van der Waals surface area contributed by atoms with Gasteiger partial charge in [-0.05, 0) is 178 Å². The zero-order chi connectivity index (χ0) is 76.2. The van der Waals surface area contributed by atoms with Gasteiger partial charge >= 0.3 is 0 Å². The van der Waals surface area contributed by atoms with Crippen LogP contribution in [0.15, 0.2) is 122 Å². The molecular weight excluding hydrogens is 1370 g/mol. The van der Waals surface area contributed by atoms with E-state index in [-0.39, 0.29) is 52.8 Å². The first-order chi connectivity index (χ1) is 52.4. The van der Waals surface area contributed by atoms with Crippen LogP contribution >= 0.6 is 0 Å². The molecule has 574 valence electrons. The van der Waals surface area contributed by atoms with Crippen molar-refractivity contribution < 1.29 is 36.7 Å². The van der Waals surface area contributed by atoms with Crippen LogP contribution in [0.3, 0.4) is 0 Å². The molecule has 5 aliphatic carbocycles. The Labute approximate surface area is 636 Å². The Bertz CT molecular complexity index is 4150. The molecule has 4 heterocycles. The molecule has 5 saturated carbocycles. The Kier molecular flexibility index (Phi) is 31.6. The largest absolute Gasteiger partial charge is 0.309 e. The van der Waals surface area contributed by atoms with Gasteiger partial charge in [0, 0.05) is 47.9 Å². The molecule has 5 aliphatic rings. The molecule has 0 aliphatic heterocycles. The van der Waals surface area contributed by atoms with Crippen molar-refractivity contribution >= 4 is 46.9 Å². The molecule has 0 bridgehead atoms. The second kappa shape index (κ2) is 42.0. The van der Waals surface area contributed by atoms with E-state index in [1.54, 1.807) is 73.3 Å². The van der Waals surface area contributed by atoms with Crippen LogP contribution in [0, 0.1) is 64.7 Å². The van der Waals surface area contributed by atoms with Crippen LogP contribution in [0.2, 0.25) is 0 Å². The maximum absolute atomic E-state index is 13.3. The second-order valence-corrected chi connectivity index (χ2v) is 30.9. The van der Waals surface area contributed by atoms with Gasteiger partial charge in [-0.1, -0.05) is 175 Å². The highest BCUT2D eigenvalue weighted by Crippen LogP contribution is 2.36. The van der Waals surface area contributed by atoms with Gasteiger partial charge in [0.25, 0.3) is 0 Å². The van der Waals surface area contributed by atoms with Gasteiger partial charge in [-0.25, -0.2) is 57.4 Å². The Hall–Kier alpha value is -9.20. The molecule has 8 aromatic rings. The van der Waals surface area contributed by atoms with E-state index in [0.717, 1.165) is 95.7 Å². The first kappa shape index (κ1) is 81.3. The average molecular weight is 1480 g/mol. The van der Waals surface area contributed by atoms with Crippen molar-refractivity contribution in [2.75, 3.05) is 21.3 Å². The molecule has 16 nitrogen and oxygen atoms in total. The number of hydrogen-bond donors (Lipinski definition) is 4. The van der Waals surface area contributed by atoms with Crippen LogP contribution < -0.4 is 21.3 Å². The predicted molar refractivity (Wildman–Crippen MR) is 421 cm³/mol. The van der Waals surface area contributed by atoms with Gasteiger partial charge in [0.2, 0.25) is 23.6 Å². The molecule has 0 spiro atoms. The molecule has 5 fully saturated rings. The van der Waals surface area contributed by atoms with E-state index < -0.39 is 0 Å². The lowest BCUT2D eigenvalue weighted by atomic mass is 9.86. The number of nitrogens with one attached hydrogen (secondary N) is 4. The zero-order valence-electron chi connectivity index (χ0n) is 63.9. The highest BCUT2D eigenvalue weighted by atomic mass is 19.1. The molecule has 108 heavy (non-hydrogen) atoms. The number of aromatic nitrogens is 8. The quantitative estimate of drug-likeness (QED) is 0.0466. The summed E-state index contributed by atoms with van der Waals surface area (Å²) < 4.78 is 52.9. The minimum atomic E-state index is -0.274. The number of carbonyl (C=O) groups excluding carboxylic acids is 4. The van der Waals surface area contributed by atoms with Gasteiger partial charge in [-0.2, -0.15) is 0 Å². The number of benzene rings is 4. The van der Waals surface area contributed by atoms with Gasteiger partial charge in [0.1, 0.15) is 23.3 Å². The molecule has 4 aromatic carbocycles. The lowest BCUT2D eigenvalue weighted by molar-refractivity contribution is -0.119. The molecule has 0 radical (unpaired) electrons. The van der Waals surface area contributed by atoms with Crippen molar-refractivity contribution in [1.29, 1.82) is 0 Å². The fraction of sp³-hybridized carbons (Fsp3) is 0.500. The minimum absolute atomic E-state index is 0.0220. The summed E-state index contributed by atoms with van der Waals surface area (Å²) in [6, 6.07) is 25.1. The molecule has 0 saturated heterocycles. The molecule has 4 aromatic heterocycles. The highest BCUT2D eigenvalue weighted by Gasteiger charge is 2.26. The molecule has 4 N–H and O–H groups in total. The predicted octanol–water partition coefficient (Wildman–Crippen LogP) is 21.5. The summed E-state index contributed by atoms with van der Waals surface area (Å²) in [6.45, 7) is 9.42. The lowest BCUT2D eigenvalue weighted by Gasteiger charge is -2.23. The Morgan fingerprint density at radius 2 is 0.620 bits per heavy atom. The van der Waals surface area contributed by atoms with Gasteiger partial charge in [0.15, 0.2) is 23.3 Å². The van der Waals surface area contributed by atoms with Crippen molar-refractivity contribution in [2.45, 2.75) is 240 Å². The van der Waals surface area contributed by atoms with E-state index in [4.69, 9.17) is 19.9 Å². The number of amides is 4. The van der Waals surface area contributed by atoms with E-state index in [1.807, 2.05) is 27.7 Å². The van der Waals surface area contributed by atoms with E-state index in [0.29, 0.717) is 88.7 Å². The van der Waals surface area contributed by atoms with Gasteiger partial charge in [0.05, 0.1) is 70.3 Å². The van der Waals surface area contributed by atoms with Crippen LogP contribution in [-0.4, -0.2) is 63.5 Å². The third kappa shape index (κ3) is 26.0. The van der Waals surface area contributed by atoms with Crippen molar-refractivity contribution in [3.05, 3.63) is 168 Å². The van der Waals surface area contributed by atoms with Crippen molar-refractivity contribution in [2.24, 2.45) is 41.4 Å². The summed E-state index contributed by atoms with van der Waals surface area (Å²) in [6.07, 6.45) is 42.6. The standard InChI is InChI=1S/C25H32FN3O.2C22H28FN3O.C19H22FN3O/c26-21-13-11-20(12-14-21)23-17-27-25(22(28-23)15-18-7-3-1-4-8-18)29-24(30)16-19-9-5-2-6-10-19;1-15(2)12-21(27)26-22-19(13-16-6-4-3-5-7-16)25-20(14-24-22)17-8-10-18(23)11-9-17;1-3-15(2)22(27)26-21-19(13-16-7-5-4-6-8-16)25-20(14-24-21)17-9-11-18(23)12-10-17;1-13(24)22-19-17(11-14-5-3-2-4-6-14)23-18(12-21-19)15-7-9-16(20)10-8-15/h11-14,17-19H,1-10,15-16H2,(H,27,29,30);8-11,14-16H,3-7,12-13H2,1-2H3,(H,24,26,27);9-12,14-16H,3-8,13H2,1-2H3,(H,24,26,27);7-10,12,14H,2-6,11H2,1H3,(H,21,22,24). The Morgan fingerprint density at radius 3 is 0.889 bits per heavy atom. The van der Waals surface area contributed by atoms with Crippen molar-refractivity contribution in [3.63, 3.8) is 0 Å². The van der Waals surface area contributed by atoms with Gasteiger partial charge in [-0.3, -0.25) is 19.2 Å². The maximum Gasteiger partial charge on any atom is 0.228 e. The fourth-order valence-electron chi connectivity index (χ4n) is 15.4. The van der Waals surface area contributed by atoms with E-state index in [2.05, 4.69) is 41.2 Å². The normalized spacial score (nSPS) is 16.3. The number of hydrogen-bond acceptors (Lipinski definition) is 12. The summed E-state index contributed by atoms with van der Waals surface area (Å²) in [5.41, 5.74) is 9.52. The van der Waals surface area contributed by atoms with Crippen LogP contribution in [0.25, 0.3) is 45.0 Å². The lowest BCUT2D eigenvalue weighted by Crippen LogP contribution is -2.22. The first-order valence-electron chi connectivity index (χ1n) is 40.0. The van der Waals surface area contributed by atoms with Crippen LogP contribution in [0.5, 0.6) is 0 Å². The Morgan fingerprint density at radius 1 is 0.361 bits per heavy atom. The van der Waals surface area contributed by atoms with Gasteiger partial charge in [-0.15, -0.1) is 0 Å². The third-order valence-electron chi connectivity index (χ3n) is 21.7. The molecule has 1 atom stereocenters. The topological polar surface area (TPSA) is 220 Å². The number of carbonyl (C=O) groups is 4. The zero-order valence-corrected chi connectivity index (χ0v) is 63.9. The number of nitrogens with zero attached hydrogens (tertiary/aromatic N) is 8. The maximum atomic E-state index is 13.3. The molecule has 20 heteroatoms. The number of rotatable bonds is 22. The highest BCUT2D eigenvalue weighted by molar-refractivity contribution is 5.93. The monoisotopic (exact) mass is 1470 g/mol. The summed E-state index contributed by atoms with van der Waals surface area (Å²) in [4.78, 5) is 85.9. The molecular formula is C88H110F4N12O4. The second-order valence-electron chi connectivity index (χ2n) is 30.9. The summed E-state index contributed by atoms with van der Waals surface area (Å²) >= 11 is 0. The molecule has 13 rings (SSSR count). The number of anilines is 4. The fourth-order valence-corrected chi connectivity index (χ4v) is 15.4. The SMILES string of the molecule is CC(=O)Nc1ncc(-c2ccc(F)cc2)nc1CC1CCCCC1.CC(C)CC(=O)Nc1ncc(-c2ccc(F)cc2)nc1CC1CCCCC1.CCC(C)C(=O)Nc1ncc(-c2ccc(F)cc2)nc1CC1CCCCC1.O=C(CC1CCCCC1)Nc1ncc(-c2ccc(F)cc2)nc1CC1CCCCC1. The van der Waals surface area contributed by atoms with E-state index in [1.165, 1.54) is 203 Å². The number of halogens is 4. The molecule has 1 unspecified atom stereocenters. The van der Waals surface area contributed by atoms with Crippen LogP contribution in [0.4, 0.5) is 40.8 Å². The summed E-state index contributed by atoms with van der Waals surface area (Å²) in [7, 11) is 0. The van der Waals surface area contributed by atoms with Crippen LogP contribution in [-0.2, 0) is 44.9 Å². The van der Waals surface area contributed by atoms with E-state index >= 15 is 0 Å². The minimum Gasteiger partial charge on any atom is -0.309 e.